The van der Waals surface area contributed by atoms with Crippen LogP contribution in [-0.2, 0) is 17.8 Å². The summed E-state index contributed by atoms with van der Waals surface area (Å²) < 4.78 is 0. The first-order valence-electron chi connectivity index (χ1n) is 6.14. The van der Waals surface area contributed by atoms with Crippen molar-refractivity contribution in [1.29, 1.82) is 0 Å². The Morgan fingerprint density at radius 1 is 1.53 bits per heavy atom. The maximum atomic E-state index is 11.1. The van der Waals surface area contributed by atoms with E-state index in [0.717, 1.165) is 12.2 Å². The first-order chi connectivity index (χ1) is 8.38. The van der Waals surface area contributed by atoms with Gasteiger partial charge in [-0.1, -0.05) is 6.42 Å². The molecule has 5 heteroatoms. The molecule has 0 saturated carbocycles. The molecule has 1 N–H and O–H groups in total. The Hall–Kier alpha value is -0.810. The van der Waals surface area contributed by atoms with Crippen molar-refractivity contribution < 1.29 is 4.79 Å². The van der Waals surface area contributed by atoms with Crippen LogP contribution in [0.25, 0.3) is 0 Å². The van der Waals surface area contributed by atoms with E-state index >= 15 is 0 Å². The minimum Gasteiger partial charge on any atom is -0.347 e. The van der Waals surface area contributed by atoms with Gasteiger partial charge in [0.15, 0.2) is 0 Å². The molecule has 0 amide bonds. The van der Waals surface area contributed by atoms with E-state index in [9.17, 15) is 4.79 Å². The third-order valence-corrected chi connectivity index (χ3v) is 5.01. The summed E-state index contributed by atoms with van der Waals surface area (Å²) >= 11 is 1.98. The van der Waals surface area contributed by atoms with Gasteiger partial charge in [0.25, 0.3) is 0 Å². The summed E-state index contributed by atoms with van der Waals surface area (Å²) in [6.07, 6.45) is 8.39. The largest absolute Gasteiger partial charge is 0.347 e. The van der Waals surface area contributed by atoms with Gasteiger partial charge < -0.3 is 4.98 Å². The molecule has 1 unspecified atom stereocenters. The molecule has 1 fully saturated rings. The third kappa shape index (κ3) is 2.13. The van der Waals surface area contributed by atoms with Crippen LogP contribution in [0.4, 0.5) is 0 Å². The highest BCUT2D eigenvalue weighted by molar-refractivity contribution is 7.99. The van der Waals surface area contributed by atoms with E-state index in [0.29, 0.717) is 11.8 Å². The van der Waals surface area contributed by atoms with Crippen LogP contribution >= 0.6 is 11.8 Å². The van der Waals surface area contributed by atoms with Crippen molar-refractivity contribution in [1.82, 2.24) is 14.9 Å². The van der Waals surface area contributed by atoms with Crippen molar-refractivity contribution in [2.24, 2.45) is 0 Å². The van der Waals surface area contributed by atoms with E-state index < -0.39 is 0 Å². The second-order valence-corrected chi connectivity index (χ2v) is 5.94. The fourth-order valence-corrected chi connectivity index (χ4v) is 4.04. The minimum atomic E-state index is -0.110. The van der Waals surface area contributed by atoms with Crippen molar-refractivity contribution in [3.8, 4) is 0 Å². The van der Waals surface area contributed by atoms with Crippen LogP contribution in [0, 0.1) is 0 Å². The van der Waals surface area contributed by atoms with E-state index in [-0.39, 0.29) is 6.04 Å². The Morgan fingerprint density at radius 3 is 3.24 bits per heavy atom. The summed E-state index contributed by atoms with van der Waals surface area (Å²) in [6, 6.07) is -0.110. The molecule has 17 heavy (non-hydrogen) atoms. The number of thioether (sulfide) groups is 1. The zero-order valence-corrected chi connectivity index (χ0v) is 10.5. The highest BCUT2D eigenvalue weighted by Crippen LogP contribution is 2.33. The predicted octanol–water partition coefficient (Wildman–Crippen LogP) is 1.49. The van der Waals surface area contributed by atoms with Crippen LogP contribution in [-0.4, -0.2) is 38.3 Å². The summed E-state index contributed by atoms with van der Waals surface area (Å²) in [5.74, 6) is 1.21. The molecule has 4 nitrogen and oxygen atoms in total. The standard InChI is InChI=1S/C12H16N3OS/c16-7-9-5-10-11(14-8-13-10)6-15(9)12-3-1-2-4-17-12/h8-9,12H,1-6H2,(H,13,14)/t9-,12?/m0/s1. The van der Waals surface area contributed by atoms with E-state index in [1.165, 1.54) is 30.7 Å². The second kappa shape index (κ2) is 4.82. The van der Waals surface area contributed by atoms with Gasteiger partial charge in [0.2, 0.25) is 6.29 Å². The first-order valence-corrected chi connectivity index (χ1v) is 7.19. The first kappa shape index (κ1) is 11.3. The van der Waals surface area contributed by atoms with Crippen molar-refractivity contribution in [2.45, 2.75) is 43.6 Å². The topological polar surface area (TPSA) is 49.0 Å². The van der Waals surface area contributed by atoms with Crippen LogP contribution in [0.1, 0.15) is 30.7 Å². The monoisotopic (exact) mass is 250 g/mol. The SMILES string of the molecule is O=[C][C@@H]1Cc2nc[nH]c2CN1C1CCCCS1. The summed E-state index contributed by atoms with van der Waals surface area (Å²) in [5.41, 5.74) is 2.21. The van der Waals surface area contributed by atoms with Gasteiger partial charge in [-0.15, -0.1) is 11.8 Å². The number of fused-ring (bicyclic) bond motifs is 1. The van der Waals surface area contributed by atoms with Crippen molar-refractivity contribution in [3.05, 3.63) is 17.7 Å². The Bertz CT molecular complexity index is 400. The molecule has 2 aliphatic heterocycles. The molecule has 1 aromatic rings. The van der Waals surface area contributed by atoms with Crippen molar-refractivity contribution in [3.63, 3.8) is 0 Å². The van der Waals surface area contributed by atoms with Gasteiger partial charge in [0, 0.05) is 13.0 Å². The van der Waals surface area contributed by atoms with Gasteiger partial charge in [-0.2, -0.15) is 0 Å². The lowest BCUT2D eigenvalue weighted by molar-refractivity contribution is 0.182. The number of imidazole rings is 1. The number of hydrogen-bond donors (Lipinski definition) is 1. The van der Waals surface area contributed by atoms with Gasteiger partial charge in [0.1, 0.15) is 0 Å². The maximum absolute atomic E-state index is 11.1. The number of rotatable bonds is 2. The lowest BCUT2D eigenvalue weighted by Gasteiger charge is -2.39. The molecule has 1 aromatic heterocycles. The van der Waals surface area contributed by atoms with Crippen LogP contribution in [0.2, 0.25) is 0 Å². The number of nitrogens with one attached hydrogen (secondary N) is 1. The number of H-pyrrole nitrogens is 1. The molecule has 0 bridgehead atoms. The third-order valence-electron chi connectivity index (χ3n) is 3.60. The second-order valence-electron chi connectivity index (χ2n) is 4.66. The van der Waals surface area contributed by atoms with Gasteiger partial charge in [-0.05, 0) is 18.6 Å². The molecule has 0 aromatic carbocycles. The molecule has 0 spiro atoms. The predicted molar refractivity (Wildman–Crippen MR) is 67.4 cm³/mol. The summed E-state index contributed by atoms with van der Waals surface area (Å²) in [5, 5.41) is 0.478. The molecule has 0 aliphatic carbocycles. The van der Waals surface area contributed by atoms with Crippen LogP contribution in [0.5, 0.6) is 0 Å². The highest BCUT2D eigenvalue weighted by Gasteiger charge is 2.33. The Morgan fingerprint density at radius 2 is 2.47 bits per heavy atom. The zero-order valence-electron chi connectivity index (χ0n) is 9.69. The van der Waals surface area contributed by atoms with Crippen molar-refractivity contribution >= 4 is 18.0 Å². The Labute approximate surface area is 105 Å². The van der Waals surface area contributed by atoms with Gasteiger partial charge in [-0.3, -0.25) is 9.69 Å². The molecule has 3 heterocycles. The number of aromatic amines is 1. The minimum absolute atomic E-state index is 0.110. The number of hydrogen-bond acceptors (Lipinski definition) is 4. The average Bonchev–Trinajstić information content (AvgIpc) is 2.85. The summed E-state index contributed by atoms with van der Waals surface area (Å²) in [4.78, 5) is 20.9. The van der Waals surface area contributed by atoms with Crippen molar-refractivity contribution in [2.75, 3.05) is 5.75 Å². The number of carbonyl (C=O) groups excluding carboxylic acids is 1. The molecule has 3 rings (SSSR count). The fourth-order valence-electron chi connectivity index (χ4n) is 2.65. The van der Waals surface area contributed by atoms with E-state index in [1.54, 1.807) is 6.33 Å². The highest BCUT2D eigenvalue weighted by atomic mass is 32.2. The Kier molecular flexibility index (Phi) is 3.20. The fraction of sp³-hybridized carbons (Fsp3) is 0.667. The molecular weight excluding hydrogens is 234 g/mol. The molecule has 2 aliphatic rings. The maximum Gasteiger partial charge on any atom is 0.217 e. The average molecular weight is 250 g/mol. The quantitative estimate of drug-likeness (QED) is 0.864. The van der Waals surface area contributed by atoms with Gasteiger partial charge in [-0.25, -0.2) is 4.98 Å². The number of aromatic nitrogens is 2. The Balaban J connectivity index is 1.80. The van der Waals surface area contributed by atoms with Crippen LogP contribution < -0.4 is 0 Å². The normalized spacial score (nSPS) is 29.9. The van der Waals surface area contributed by atoms with E-state index in [4.69, 9.17) is 0 Å². The molecule has 2 atom stereocenters. The lowest BCUT2D eigenvalue weighted by Crippen LogP contribution is -2.47. The van der Waals surface area contributed by atoms with Crippen LogP contribution in [0.15, 0.2) is 6.33 Å². The molecule has 1 saturated heterocycles. The molecule has 91 valence electrons. The molecular formula is C12H16N3OS. The molecule has 1 radical (unpaired) electrons. The smallest absolute Gasteiger partial charge is 0.217 e. The number of nitrogens with zero attached hydrogens (tertiary/aromatic N) is 2. The van der Waals surface area contributed by atoms with Gasteiger partial charge in [0.05, 0.1) is 29.1 Å². The zero-order chi connectivity index (χ0) is 11.7. The van der Waals surface area contributed by atoms with Gasteiger partial charge >= 0.3 is 0 Å². The van der Waals surface area contributed by atoms with E-state index in [1.807, 2.05) is 11.8 Å². The van der Waals surface area contributed by atoms with Crippen LogP contribution in [0.3, 0.4) is 0 Å². The van der Waals surface area contributed by atoms with E-state index in [2.05, 4.69) is 21.2 Å². The lowest BCUT2D eigenvalue weighted by atomic mass is 10.0. The summed E-state index contributed by atoms with van der Waals surface area (Å²) in [7, 11) is 0. The summed E-state index contributed by atoms with van der Waals surface area (Å²) in [6.45, 7) is 0.812.